The van der Waals surface area contributed by atoms with Crippen molar-refractivity contribution in [3.8, 4) is 5.75 Å². The quantitative estimate of drug-likeness (QED) is 0.802. The second-order valence-electron chi connectivity index (χ2n) is 6.09. The normalized spacial score (nSPS) is 16.7. The van der Waals surface area contributed by atoms with Crippen molar-refractivity contribution in [1.82, 2.24) is 9.62 Å². The first-order valence-corrected chi connectivity index (χ1v) is 9.97. The molecule has 1 aromatic carbocycles. The van der Waals surface area contributed by atoms with Gasteiger partial charge in [0.05, 0.1) is 43.1 Å². The molecule has 2 aromatic rings. The molecule has 1 aliphatic heterocycles. The van der Waals surface area contributed by atoms with Gasteiger partial charge in [0.25, 0.3) is 5.91 Å². The Labute approximate surface area is 158 Å². The van der Waals surface area contributed by atoms with E-state index >= 15 is 0 Å². The van der Waals surface area contributed by atoms with Gasteiger partial charge in [-0.05, 0) is 37.3 Å². The predicted octanol–water partition coefficient (Wildman–Crippen LogP) is 1.80. The second-order valence-corrected chi connectivity index (χ2v) is 8.03. The summed E-state index contributed by atoms with van der Waals surface area (Å²) in [5.41, 5.74) is 0.144. The number of rotatable bonds is 6. The minimum atomic E-state index is -3.72. The van der Waals surface area contributed by atoms with Gasteiger partial charge in [0.15, 0.2) is 0 Å². The molecule has 0 aliphatic carbocycles. The fourth-order valence-electron chi connectivity index (χ4n) is 2.84. The lowest BCUT2D eigenvalue weighted by atomic mass is 10.1. The van der Waals surface area contributed by atoms with Gasteiger partial charge in [-0.3, -0.25) is 4.79 Å². The van der Waals surface area contributed by atoms with Crippen LogP contribution in [-0.2, 0) is 14.8 Å². The summed E-state index contributed by atoms with van der Waals surface area (Å²) in [4.78, 5) is 12.8. The Bertz CT molecular complexity index is 889. The molecule has 1 aliphatic rings. The number of sulfonamides is 1. The van der Waals surface area contributed by atoms with Crippen molar-refractivity contribution in [1.29, 1.82) is 0 Å². The molecule has 0 spiro atoms. The van der Waals surface area contributed by atoms with Crippen molar-refractivity contribution in [2.24, 2.45) is 0 Å². The molecule has 1 saturated heterocycles. The van der Waals surface area contributed by atoms with Crippen LogP contribution in [0.3, 0.4) is 0 Å². The maximum atomic E-state index is 12.9. The van der Waals surface area contributed by atoms with Crippen molar-refractivity contribution in [2.45, 2.75) is 17.9 Å². The number of nitrogens with one attached hydrogen (secondary N) is 1. The van der Waals surface area contributed by atoms with Gasteiger partial charge < -0.3 is 19.2 Å². The topological polar surface area (TPSA) is 98.1 Å². The maximum absolute atomic E-state index is 12.9. The predicted molar refractivity (Wildman–Crippen MR) is 97.2 cm³/mol. The summed E-state index contributed by atoms with van der Waals surface area (Å²) in [6.07, 6.45) is 1.52. The highest BCUT2D eigenvalue weighted by atomic mass is 32.2. The summed E-state index contributed by atoms with van der Waals surface area (Å²) in [5.74, 6) is 0.439. The summed E-state index contributed by atoms with van der Waals surface area (Å²) in [6, 6.07) is 7.37. The Balaban J connectivity index is 1.88. The van der Waals surface area contributed by atoms with Crippen molar-refractivity contribution in [3.63, 3.8) is 0 Å². The zero-order valence-electron chi connectivity index (χ0n) is 15.2. The lowest BCUT2D eigenvalue weighted by Gasteiger charge is -2.26. The average molecular weight is 394 g/mol. The van der Waals surface area contributed by atoms with E-state index in [4.69, 9.17) is 13.9 Å². The first-order chi connectivity index (χ1) is 12.9. The number of hydrogen-bond donors (Lipinski definition) is 1. The summed E-state index contributed by atoms with van der Waals surface area (Å²) in [5, 5.41) is 2.79. The van der Waals surface area contributed by atoms with Crippen LogP contribution in [0.2, 0.25) is 0 Å². The van der Waals surface area contributed by atoms with E-state index in [2.05, 4.69) is 5.32 Å². The van der Waals surface area contributed by atoms with Crippen molar-refractivity contribution in [3.05, 3.63) is 47.9 Å². The van der Waals surface area contributed by atoms with E-state index in [1.807, 2.05) is 0 Å². The third-order valence-corrected chi connectivity index (χ3v) is 6.24. The monoisotopic (exact) mass is 394 g/mol. The highest BCUT2D eigenvalue weighted by Crippen LogP contribution is 2.26. The number of hydrogen-bond acceptors (Lipinski definition) is 6. The molecule has 1 aromatic heterocycles. The van der Waals surface area contributed by atoms with Crippen LogP contribution in [0.4, 0.5) is 0 Å². The number of carbonyl (C=O) groups is 1. The molecule has 3 rings (SSSR count). The van der Waals surface area contributed by atoms with Crippen molar-refractivity contribution in [2.75, 3.05) is 33.4 Å². The molecule has 2 heterocycles. The highest BCUT2D eigenvalue weighted by molar-refractivity contribution is 7.89. The first-order valence-electron chi connectivity index (χ1n) is 8.53. The molecule has 1 fully saturated rings. The highest BCUT2D eigenvalue weighted by Gasteiger charge is 2.28. The molecule has 9 heteroatoms. The Morgan fingerprint density at radius 2 is 2.00 bits per heavy atom. The fraction of sp³-hybridized carbons (Fsp3) is 0.389. The van der Waals surface area contributed by atoms with Gasteiger partial charge in [-0.15, -0.1) is 0 Å². The molecule has 1 atom stereocenters. The minimum Gasteiger partial charge on any atom is -0.496 e. The first kappa shape index (κ1) is 19.4. The number of methoxy groups -OCH3 is 1. The number of ether oxygens (including phenoxy) is 2. The molecule has 1 amide bonds. The van der Waals surface area contributed by atoms with E-state index in [1.54, 1.807) is 19.1 Å². The van der Waals surface area contributed by atoms with Crippen LogP contribution in [0, 0.1) is 0 Å². The van der Waals surface area contributed by atoms with Gasteiger partial charge in [0.2, 0.25) is 10.0 Å². The average Bonchev–Trinajstić information content (AvgIpc) is 3.23. The number of nitrogens with zero attached hydrogens (tertiary/aromatic N) is 1. The van der Waals surface area contributed by atoms with Crippen molar-refractivity contribution >= 4 is 15.9 Å². The van der Waals surface area contributed by atoms with E-state index in [1.165, 1.54) is 35.9 Å². The lowest BCUT2D eigenvalue weighted by Crippen LogP contribution is -2.40. The van der Waals surface area contributed by atoms with Gasteiger partial charge >= 0.3 is 0 Å². The molecule has 27 heavy (non-hydrogen) atoms. The number of benzene rings is 1. The van der Waals surface area contributed by atoms with Crippen LogP contribution in [0.5, 0.6) is 5.75 Å². The van der Waals surface area contributed by atoms with E-state index in [-0.39, 0.29) is 29.6 Å². The maximum Gasteiger partial charge on any atom is 0.255 e. The third kappa shape index (κ3) is 4.15. The summed E-state index contributed by atoms with van der Waals surface area (Å²) in [7, 11) is -2.29. The standard InChI is InChI=1S/C18H22N2O6S/c1-13(16-4-3-9-26-16)19-18(21)15-12-14(5-6-17(15)24-2)27(22,23)20-7-10-25-11-8-20/h3-6,9,12-13H,7-8,10-11H2,1-2H3,(H,19,21). The Morgan fingerprint density at radius 3 is 2.63 bits per heavy atom. The van der Waals surface area contributed by atoms with Crippen LogP contribution < -0.4 is 10.1 Å². The van der Waals surface area contributed by atoms with Gasteiger partial charge in [-0.25, -0.2) is 8.42 Å². The smallest absolute Gasteiger partial charge is 0.255 e. The zero-order chi connectivity index (χ0) is 19.4. The molecule has 0 radical (unpaired) electrons. The lowest BCUT2D eigenvalue weighted by molar-refractivity contribution is 0.0730. The minimum absolute atomic E-state index is 0.0426. The van der Waals surface area contributed by atoms with Gasteiger partial charge in [-0.1, -0.05) is 0 Å². The largest absolute Gasteiger partial charge is 0.496 e. The van der Waals surface area contributed by atoms with E-state index < -0.39 is 15.9 Å². The fourth-order valence-corrected chi connectivity index (χ4v) is 4.28. The van der Waals surface area contributed by atoms with Crippen LogP contribution in [0.25, 0.3) is 0 Å². The molecular formula is C18H22N2O6S. The molecule has 1 unspecified atom stereocenters. The number of furan rings is 1. The van der Waals surface area contributed by atoms with E-state index in [9.17, 15) is 13.2 Å². The Hall–Kier alpha value is -2.36. The third-order valence-electron chi connectivity index (χ3n) is 4.34. The molecule has 0 saturated carbocycles. The summed E-state index contributed by atoms with van der Waals surface area (Å²) < 4.78 is 42.8. The van der Waals surface area contributed by atoms with Gasteiger partial charge in [0, 0.05) is 13.1 Å². The van der Waals surface area contributed by atoms with E-state index in [0.29, 0.717) is 24.7 Å². The van der Waals surface area contributed by atoms with Crippen LogP contribution >= 0.6 is 0 Å². The summed E-state index contributed by atoms with van der Waals surface area (Å²) >= 11 is 0. The SMILES string of the molecule is COc1ccc(S(=O)(=O)N2CCOCC2)cc1C(=O)NC(C)c1ccco1. The molecule has 8 nitrogen and oxygen atoms in total. The second kappa shape index (κ2) is 8.12. The molecule has 0 bridgehead atoms. The van der Waals surface area contributed by atoms with E-state index in [0.717, 1.165) is 0 Å². The molecular weight excluding hydrogens is 372 g/mol. The summed E-state index contributed by atoms with van der Waals surface area (Å²) in [6.45, 7) is 3.04. The van der Waals surface area contributed by atoms with Crippen molar-refractivity contribution < 1.29 is 27.1 Å². The Kier molecular flexibility index (Phi) is 5.83. The number of amides is 1. The van der Waals surface area contributed by atoms with Crippen LogP contribution in [0.15, 0.2) is 45.9 Å². The zero-order valence-corrected chi connectivity index (χ0v) is 16.0. The van der Waals surface area contributed by atoms with Crippen LogP contribution in [0.1, 0.15) is 29.1 Å². The number of morpholine rings is 1. The van der Waals surface area contributed by atoms with Crippen LogP contribution in [-0.4, -0.2) is 52.0 Å². The number of carbonyl (C=O) groups excluding carboxylic acids is 1. The van der Waals surface area contributed by atoms with Gasteiger partial charge in [0.1, 0.15) is 11.5 Å². The molecule has 1 N–H and O–H groups in total. The molecule has 146 valence electrons. The van der Waals surface area contributed by atoms with Gasteiger partial charge in [-0.2, -0.15) is 4.31 Å². The Morgan fingerprint density at radius 1 is 1.26 bits per heavy atom.